The number of aromatic hydroxyl groups is 1. The van der Waals surface area contributed by atoms with Crippen molar-refractivity contribution in [3.8, 4) is 11.5 Å². The van der Waals surface area contributed by atoms with E-state index in [9.17, 15) is 24.9 Å². The average molecular weight is 430 g/mol. The third kappa shape index (κ3) is 2.79. The van der Waals surface area contributed by atoms with E-state index in [4.69, 9.17) is 9.47 Å². The number of aryl methyl sites for hydroxylation is 1. The quantitative estimate of drug-likeness (QED) is 0.497. The van der Waals surface area contributed by atoms with Crippen LogP contribution >= 0.6 is 0 Å². The van der Waals surface area contributed by atoms with Crippen molar-refractivity contribution in [3.63, 3.8) is 0 Å². The Morgan fingerprint density at radius 3 is 2.48 bits per heavy atom. The van der Waals surface area contributed by atoms with Crippen molar-refractivity contribution in [2.45, 2.75) is 58.3 Å². The molecule has 4 rings (SSSR count). The number of methoxy groups -OCH3 is 1. The van der Waals surface area contributed by atoms with E-state index in [1.807, 2.05) is 20.8 Å². The first-order valence-corrected chi connectivity index (χ1v) is 10.6. The van der Waals surface area contributed by atoms with Crippen LogP contribution in [0.1, 0.15) is 49.5 Å². The molecule has 7 nitrogen and oxygen atoms in total. The van der Waals surface area contributed by atoms with E-state index < -0.39 is 29.2 Å². The van der Waals surface area contributed by atoms with Gasteiger partial charge < -0.3 is 24.8 Å². The van der Waals surface area contributed by atoms with Gasteiger partial charge in [0, 0.05) is 23.0 Å². The highest BCUT2D eigenvalue weighted by molar-refractivity contribution is 5.94. The molecule has 3 aliphatic rings. The zero-order valence-electron chi connectivity index (χ0n) is 18.5. The number of hydrogen-bond donors (Lipinski definition) is 3. The Bertz CT molecular complexity index is 957. The summed E-state index contributed by atoms with van der Waals surface area (Å²) >= 11 is 0. The fraction of sp³-hybridized carbons (Fsp3) is 0.583. The number of benzene rings is 1. The number of hydrogen-bond acceptors (Lipinski definition) is 7. The maximum atomic E-state index is 12.9. The first kappa shape index (κ1) is 21.8. The number of carbonyl (C=O) groups is 2. The van der Waals surface area contributed by atoms with Crippen LogP contribution < -0.4 is 4.74 Å². The van der Waals surface area contributed by atoms with Crippen molar-refractivity contribution in [1.82, 2.24) is 0 Å². The van der Waals surface area contributed by atoms with Crippen LogP contribution in [0.4, 0.5) is 0 Å². The summed E-state index contributed by atoms with van der Waals surface area (Å²) in [5.74, 6) is -0.928. The average Bonchev–Trinajstić information content (AvgIpc) is 2.92. The lowest BCUT2D eigenvalue weighted by molar-refractivity contribution is -0.257. The lowest BCUT2D eigenvalue weighted by atomic mass is 9.44. The summed E-state index contributed by atoms with van der Waals surface area (Å²) in [6.07, 6.45) is 1.79. The number of aliphatic hydroxyl groups excluding tert-OH is 1. The molecule has 0 saturated heterocycles. The van der Waals surface area contributed by atoms with E-state index in [2.05, 4.69) is 0 Å². The van der Waals surface area contributed by atoms with E-state index in [0.717, 1.165) is 0 Å². The largest absolute Gasteiger partial charge is 0.507 e. The summed E-state index contributed by atoms with van der Waals surface area (Å²) in [6, 6.07) is 2.93. The van der Waals surface area contributed by atoms with Gasteiger partial charge in [0.15, 0.2) is 0 Å². The van der Waals surface area contributed by atoms with Crippen LogP contribution in [0, 0.1) is 29.6 Å². The lowest BCUT2D eigenvalue weighted by Gasteiger charge is -2.64. The molecule has 2 fully saturated rings. The van der Waals surface area contributed by atoms with Crippen molar-refractivity contribution >= 4 is 12.3 Å². The Hall–Kier alpha value is -2.38. The summed E-state index contributed by atoms with van der Waals surface area (Å²) < 4.78 is 10.7. The summed E-state index contributed by atoms with van der Waals surface area (Å²) in [7, 11) is 1.46. The molecule has 0 aromatic heterocycles. The second-order valence-electron chi connectivity index (χ2n) is 10.2. The van der Waals surface area contributed by atoms with Gasteiger partial charge in [-0.25, -0.2) is 4.79 Å². The number of aldehydes is 1. The van der Waals surface area contributed by atoms with Crippen molar-refractivity contribution in [1.29, 1.82) is 0 Å². The van der Waals surface area contributed by atoms with Crippen LogP contribution in [0.2, 0.25) is 0 Å². The second kappa shape index (κ2) is 6.81. The van der Waals surface area contributed by atoms with Gasteiger partial charge in [0.25, 0.3) is 0 Å². The van der Waals surface area contributed by atoms with Crippen molar-refractivity contribution < 1.29 is 34.4 Å². The molecule has 0 radical (unpaired) electrons. The number of ether oxygens (including phenoxy) is 2. The van der Waals surface area contributed by atoms with Gasteiger partial charge >= 0.3 is 5.97 Å². The van der Waals surface area contributed by atoms with Gasteiger partial charge in [-0.3, -0.25) is 4.79 Å². The van der Waals surface area contributed by atoms with Gasteiger partial charge in [0.2, 0.25) is 0 Å². The van der Waals surface area contributed by atoms with Gasteiger partial charge in [-0.1, -0.05) is 26.8 Å². The molecule has 6 atom stereocenters. The number of phenolic OH excluding ortho intramolecular Hbond substituents is 1. The Morgan fingerprint density at radius 1 is 1.23 bits per heavy atom. The van der Waals surface area contributed by atoms with Gasteiger partial charge in [-0.2, -0.15) is 0 Å². The fourth-order valence-corrected chi connectivity index (χ4v) is 6.31. The van der Waals surface area contributed by atoms with Crippen LogP contribution in [0.15, 0.2) is 23.8 Å². The predicted molar refractivity (Wildman–Crippen MR) is 112 cm³/mol. The molecule has 1 aromatic carbocycles. The monoisotopic (exact) mass is 430 g/mol. The molecule has 0 unspecified atom stereocenters. The zero-order valence-corrected chi connectivity index (χ0v) is 18.5. The highest BCUT2D eigenvalue weighted by atomic mass is 16.6. The number of rotatable bonds is 4. The SMILES string of the molecule is COc1cc(C)c(C(=O)O[C@@H]2C[C@]3(C)[C@@H]4[C@H](C=C(C=O)[C@]23O)CC(C)(C)[C@@H]4O)c(O)c1. The van der Waals surface area contributed by atoms with Crippen molar-refractivity contribution in [2.75, 3.05) is 7.11 Å². The number of fused-ring (bicyclic) bond motifs is 3. The van der Waals surface area contributed by atoms with Crippen LogP contribution in [0.3, 0.4) is 0 Å². The van der Waals surface area contributed by atoms with Crippen LogP contribution in [-0.2, 0) is 9.53 Å². The Kier molecular flexibility index (Phi) is 4.80. The predicted octanol–water partition coefficient (Wildman–Crippen LogP) is 2.54. The number of aliphatic hydroxyl groups is 2. The molecule has 0 bridgehead atoms. The number of phenols is 1. The molecule has 1 aromatic rings. The summed E-state index contributed by atoms with van der Waals surface area (Å²) in [6.45, 7) is 7.47. The molecule has 168 valence electrons. The highest BCUT2D eigenvalue weighted by Gasteiger charge is 2.74. The van der Waals surface area contributed by atoms with E-state index in [-0.39, 0.29) is 34.1 Å². The molecule has 7 heteroatoms. The maximum Gasteiger partial charge on any atom is 0.342 e. The zero-order chi connectivity index (χ0) is 22.9. The van der Waals surface area contributed by atoms with E-state index >= 15 is 0 Å². The first-order valence-electron chi connectivity index (χ1n) is 10.6. The van der Waals surface area contributed by atoms with Crippen LogP contribution in [0.25, 0.3) is 0 Å². The van der Waals surface area contributed by atoms with Crippen molar-refractivity contribution in [3.05, 3.63) is 34.9 Å². The molecular formula is C24H30O7. The summed E-state index contributed by atoms with van der Waals surface area (Å²) in [5, 5.41) is 33.0. The minimum absolute atomic E-state index is 0.00893. The van der Waals surface area contributed by atoms with E-state index in [1.165, 1.54) is 13.2 Å². The Labute approximate surface area is 181 Å². The van der Waals surface area contributed by atoms with Gasteiger partial charge in [-0.15, -0.1) is 0 Å². The molecule has 0 amide bonds. The topological polar surface area (TPSA) is 113 Å². The number of allylic oxidation sites excluding steroid dienone is 1. The maximum absolute atomic E-state index is 12.9. The van der Waals surface area contributed by atoms with Gasteiger partial charge in [-0.05, 0) is 42.7 Å². The van der Waals surface area contributed by atoms with E-state index in [0.29, 0.717) is 30.4 Å². The third-order valence-electron chi connectivity index (χ3n) is 7.98. The third-order valence-corrected chi connectivity index (χ3v) is 7.98. The molecule has 0 aliphatic heterocycles. The molecule has 3 N–H and O–H groups in total. The lowest BCUT2D eigenvalue weighted by Crippen LogP contribution is -2.74. The van der Waals surface area contributed by atoms with E-state index in [1.54, 1.807) is 19.1 Å². The first-order chi connectivity index (χ1) is 14.4. The number of esters is 1. The minimum Gasteiger partial charge on any atom is -0.507 e. The molecule has 0 heterocycles. The minimum atomic E-state index is -1.69. The molecule has 31 heavy (non-hydrogen) atoms. The normalized spacial score (nSPS) is 37.7. The Balaban J connectivity index is 1.66. The second-order valence-corrected chi connectivity index (χ2v) is 10.2. The van der Waals surface area contributed by atoms with Crippen molar-refractivity contribution in [2.24, 2.45) is 22.7 Å². The number of carbonyl (C=O) groups excluding carboxylic acids is 2. The van der Waals surface area contributed by atoms with Crippen LogP contribution in [0.5, 0.6) is 11.5 Å². The molecular weight excluding hydrogens is 400 g/mol. The van der Waals surface area contributed by atoms with Gasteiger partial charge in [0.1, 0.15) is 35.1 Å². The van der Waals surface area contributed by atoms with Gasteiger partial charge in [0.05, 0.1) is 13.2 Å². The molecule has 3 aliphatic carbocycles. The Morgan fingerprint density at radius 2 is 1.90 bits per heavy atom. The molecule has 2 saturated carbocycles. The standard InChI is InChI=1S/C24H30O7/c1-12-6-15(30-5)8-16(26)18(12)21(28)31-17-10-23(4)19-13(9-22(2,3)20(19)27)7-14(11-25)24(17,23)29/h6-8,11,13,17,19-20,26-27,29H,9-10H2,1-5H3/t13-,17-,19-,20-,23-,24+/m1/s1. The summed E-state index contributed by atoms with van der Waals surface area (Å²) in [5.41, 5.74) is -2.19. The summed E-state index contributed by atoms with van der Waals surface area (Å²) in [4.78, 5) is 24.8. The fourth-order valence-electron chi connectivity index (χ4n) is 6.31. The highest BCUT2D eigenvalue weighted by Crippen LogP contribution is 2.68. The smallest absolute Gasteiger partial charge is 0.342 e. The van der Waals surface area contributed by atoms with Crippen LogP contribution in [-0.4, -0.2) is 52.5 Å². The molecule has 0 spiro atoms.